The van der Waals surface area contributed by atoms with Crippen LogP contribution in [0.25, 0.3) is 0 Å². The molecule has 7 atom stereocenters. The van der Waals surface area contributed by atoms with Gasteiger partial charge in [-0.2, -0.15) is 0 Å². The van der Waals surface area contributed by atoms with E-state index in [0.717, 1.165) is 36.3 Å². The van der Waals surface area contributed by atoms with Gasteiger partial charge in [0.2, 0.25) is 11.8 Å². The summed E-state index contributed by atoms with van der Waals surface area (Å²) in [6, 6.07) is 6.22. The van der Waals surface area contributed by atoms with Gasteiger partial charge >= 0.3 is 0 Å². The molecule has 1 aliphatic heterocycles. The number of amides is 2. The van der Waals surface area contributed by atoms with E-state index in [0.29, 0.717) is 29.6 Å². The smallest absolute Gasteiger partial charge is 0.246 e. The molecule has 37 heavy (non-hydrogen) atoms. The van der Waals surface area contributed by atoms with Crippen molar-refractivity contribution in [2.24, 2.45) is 28.6 Å². The third-order valence-electron chi connectivity index (χ3n) is 10.6. The molecule has 5 rings (SSSR count). The fourth-order valence-corrected chi connectivity index (χ4v) is 8.63. The minimum Gasteiger partial charge on any atom is -0.493 e. The Morgan fingerprint density at radius 1 is 1.11 bits per heavy atom. The van der Waals surface area contributed by atoms with Crippen molar-refractivity contribution in [3.63, 3.8) is 0 Å². The number of nitrogens with one attached hydrogen (secondary N) is 1. The molecule has 0 saturated heterocycles. The number of hydrogen-bond acceptors (Lipinski definition) is 4. The monoisotopic (exact) mass is 508 g/mol. The normalized spacial score (nSPS) is 36.4. The molecule has 1 aromatic rings. The molecular formula is C31H44N2O4. The van der Waals surface area contributed by atoms with Gasteiger partial charge in [-0.3, -0.25) is 9.59 Å². The molecule has 1 N–H and O–H groups in total. The van der Waals surface area contributed by atoms with E-state index in [1.54, 1.807) is 20.3 Å². The fraction of sp³-hybridized carbons (Fsp3) is 0.677. The Bertz CT molecular complexity index is 1070. The second-order valence-corrected chi connectivity index (χ2v) is 12.5. The molecule has 0 aromatic heterocycles. The van der Waals surface area contributed by atoms with E-state index in [-0.39, 0.29) is 29.3 Å². The number of rotatable bonds is 7. The van der Waals surface area contributed by atoms with E-state index < -0.39 is 0 Å². The highest BCUT2D eigenvalue weighted by molar-refractivity contribution is 5.89. The first kappa shape index (κ1) is 26.1. The minimum atomic E-state index is -0.0219. The zero-order chi connectivity index (χ0) is 26.4. The molecule has 1 heterocycles. The van der Waals surface area contributed by atoms with Crippen LogP contribution in [0.5, 0.6) is 11.5 Å². The van der Waals surface area contributed by atoms with Gasteiger partial charge in [0.1, 0.15) is 0 Å². The van der Waals surface area contributed by atoms with Crippen molar-refractivity contribution in [1.29, 1.82) is 0 Å². The molecule has 6 heteroatoms. The van der Waals surface area contributed by atoms with Gasteiger partial charge < -0.3 is 19.7 Å². The van der Waals surface area contributed by atoms with Crippen molar-refractivity contribution in [2.45, 2.75) is 83.7 Å². The first-order valence-corrected chi connectivity index (χ1v) is 14.2. The van der Waals surface area contributed by atoms with Crippen LogP contribution in [0.4, 0.5) is 0 Å². The van der Waals surface area contributed by atoms with Crippen LogP contribution in [-0.2, 0) is 16.0 Å². The molecule has 2 amide bonds. The summed E-state index contributed by atoms with van der Waals surface area (Å²) >= 11 is 0. The predicted octanol–water partition coefficient (Wildman–Crippen LogP) is 5.15. The van der Waals surface area contributed by atoms with Crippen molar-refractivity contribution in [3.8, 4) is 11.5 Å². The van der Waals surface area contributed by atoms with Crippen LogP contribution in [0.2, 0.25) is 0 Å². The SMILES string of the molecule is COc1ccc(CCCC(=O)NC2CC3N(C)C(=O)C=C[C@]3(C)[C@@H]3CC[C@]4(C)CCC[C@H]4[C@H]23)cc1OC. The van der Waals surface area contributed by atoms with E-state index in [9.17, 15) is 9.59 Å². The lowest BCUT2D eigenvalue weighted by molar-refractivity contribution is -0.142. The van der Waals surface area contributed by atoms with Crippen molar-refractivity contribution in [3.05, 3.63) is 35.9 Å². The molecule has 202 valence electrons. The highest BCUT2D eigenvalue weighted by Crippen LogP contribution is 2.63. The summed E-state index contributed by atoms with van der Waals surface area (Å²) in [6.07, 6.45) is 13.3. The lowest BCUT2D eigenvalue weighted by Gasteiger charge is -2.62. The maximum Gasteiger partial charge on any atom is 0.246 e. The van der Waals surface area contributed by atoms with E-state index in [4.69, 9.17) is 9.47 Å². The summed E-state index contributed by atoms with van der Waals surface area (Å²) in [7, 11) is 5.22. The Labute approximate surface area is 222 Å². The van der Waals surface area contributed by atoms with Crippen LogP contribution >= 0.6 is 0 Å². The number of carbonyl (C=O) groups excluding carboxylic acids is 2. The number of ether oxygens (including phenoxy) is 2. The fourth-order valence-electron chi connectivity index (χ4n) is 8.63. The van der Waals surface area contributed by atoms with Crippen LogP contribution in [0.1, 0.15) is 70.8 Å². The molecule has 3 fully saturated rings. The van der Waals surface area contributed by atoms with Crippen molar-refractivity contribution < 1.29 is 19.1 Å². The second kappa shape index (κ2) is 9.99. The highest BCUT2D eigenvalue weighted by atomic mass is 16.5. The van der Waals surface area contributed by atoms with Crippen LogP contribution in [0.15, 0.2) is 30.4 Å². The molecule has 4 aliphatic rings. The number of carbonyl (C=O) groups is 2. The molecule has 0 spiro atoms. The molecule has 6 nitrogen and oxygen atoms in total. The van der Waals surface area contributed by atoms with Gasteiger partial charge in [-0.25, -0.2) is 0 Å². The van der Waals surface area contributed by atoms with Gasteiger partial charge in [0, 0.05) is 31.0 Å². The van der Waals surface area contributed by atoms with E-state index in [1.807, 2.05) is 30.1 Å². The Morgan fingerprint density at radius 3 is 2.65 bits per heavy atom. The number of aryl methyl sites for hydroxylation is 1. The average Bonchev–Trinajstić information content (AvgIpc) is 3.29. The van der Waals surface area contributed by atoms with E-state index in [1.165, 1.54) is 32.1 Å². The molecule has 1 aromatic carbocycles. The van der Waals surface area contributed by atoms with Gasteiger partial charge in [-0.05, 0) is 91.9 Å². The summed E-state index contributed by atoms with van der Waals surface area (Å²) in [5.74, 6) is 3.28. The molecule has 2 unspecified atom stereocenters. The number of methoxy groups -OCH3 is 2. The Balaban J connectivity index is 1.30. The number of nitrogens with zero attached hydrogens (tertiary/aromatic N) is 1. The standard InChI is InChI=1S/C31H44N2O4/c1-30-15-7-9-21(30)29-22(13-16-30)31(2)17-14-28(35)33(3)26(31)19-23(29)32-27(34)10-6-8-20-11-12-24(36-4)25(18-20)37-5/h11-12,14,17-18,21-23,26,29H,6-10,13,15-16,19H2,1-5H3,(H,32,34)/t21-,22+,23?,26?,29-,30-,31+/m0/s1. The van der Waals surface area contributed by atoms with E-state index in [2.05, 4.69) is 25.2 Å². The zero-order valence-corrected chi connectivity index (χ0v) is 23.2. The van der Waals surface area contributed by atoms with Crippen molar-refractivity contribution in [1.82, 2.24) is 10.2 Å². The Hall–Kier alpha value is -2.50. The number of likely N-dealkylation sites (N-methyl/N-ethyl adjacent to an activating group) is 1. The lowest BCUT2D eigenvalue weighted by atomic mass is 9.47. The maximum absolute atomic E-state index is 13.3. The van der Waals surface area contributed by atoms with E-state index >= 15 is 0 Å². The van der Waals surface area contributed by atoms with Gasteiger partial charge in [0.25, 0.3) is 0 Å². The summed E-state index contributed by atoms with van der Waals surface area (Å²) in [5.41, 5.74) is 1.51. The van der Waals surface area contributed by atoms with Crippen LogP contribution < -0.4 is 14.8 Å². The number of fused-ring (bicyclic) bond motifs is 5. The van der Waals surface area contributed by atoms with Crippen molar-refractivity contribution in [2.75, 3.05) is 21.3 Å². The largest absolute Gasteiger partial charge is 0.493 e. The first-order valence-electron chi connectivity index (χ1n) is 14.2. The van der Waals surface area contributed by atoms with Crippen LogP contribution in [-0.4, -0.2) is 50.1 Å². The molecular weight excluding hydrogens is 464 g/mol. The average molecular weight is 509 g/mol. The predicted molar refractivity (Wildman–Crippen MR) is 144 cm³/mol. The Kier molecular flexibility index (Phi) is 7.06. The molecule has 0 bridgehead atoms. The number of hydrogen-bond donors (Lipinski definition) is 1. The zero-order valence-electron chi connectivity index (χ0n) is 23.2. The van der Waals surface area contributed by atoms with Crippen molar-refractivity contribution >= 4 is 11.8 Å². The third-order valence-corrected chi connectivity index (χ3v) is 10.6. The lowest BCUT2D eigenvalue weighted by Crippen LogP contribution is -2.66. The quantitative estimate of drug-likeness (QED) is 0.553. The third kappa shape index (κ3) is 4.55. The summed E-state index contributed by atoms with van der Waals surface area (Å²) in [4.78, 5) is 27.9. The van der Waals surface area contributed by atoms with Crippen LogP contribution in [0.3, 0.4) is 0 Å². The van der Waals surface area contributed by atoms with Gasteiger partial charge in [0.05, 0.1) is 14.2 Å². The van der Waals surface area contributed by atoms with Gasteiger partial charge in [-0.1, -0.05) is 32.4 Å². The second-order valence-electron chi connectivity index (χ2n) is 12.5. The number of benzene rings is 1. The molecule has 3 saturated carbocycles. The first-order chi connectivity index (χ1) is 17.7. The maximum atomic E-state index is 13.3. The molecule has 3 aliphatic carbocycles. The highest BCUT2D eigenvalue weighted by Gasteiger charge is 2.61. The van der Waals surface area contributed by atoms with Gasteiger partial charge in [-0.15, -0.1) is 0 Å². The summed E-state index contributed by atoms with van der Waals surface area (Å²) < 4.78 is 10.8. The summed E-state index contributed by atoms with van der Waals surface area (Å²) in [6.45, 7) is 4.86. The summed E-state index contributed by atoms with van der Waals surface area (Å²) in [5, 5.41) is 3.51. The van der Waals surface area contributed by atoms with Crippen LogP contribution in [0, 0.1) is 28.6 Å². The van der Waals surface area contributed by atoms with Gasteiger partial charge in [0.15, 0.2) is 11.5 Å². The minimum absolute atomic E-state index is 0.0219. The topological polar surface area (TPSA) is 67.9 Å². The Morgan fingerprint density at radius 2 is 1.89 bits per heavy atom. The molecule has 0 radical (unpaired) electrons.